The second kappa shape index (κ2) is 20.8. The Kier molecular flexibility index (Phi) is 20.0. The van der Waals surface area contributed by atoms with Crippen LogP contribution in [0.25, 0.3) is 0 Å². The molecule has 0 aromatic rings. The Bertz CT molecular complexity index is 413. The van der Waals surface area contributed by atoms with Crippen molar-refractivity contribution in [1.82, 2.24) is 5.32 Å². The van der Waals surface area contributed by atoms with E-state index in [1.54, 1.807) is 0 Å². The zero-order chi connectivity index (χ0) is 20.9. The van der Waals surface area contributed by atoms with Gasteiger partial charge in [0.1, 0.15) is 6.04 Å². The highest BCUT2D eigenvalue weighted by molar-refractivity contribution is 7.80. The van der Waals surface area contributed by atoms with Gasteiger partial charge in [0.05, 0.1) is 0 Å². The fourth-order valence-electron chi connectivity index (χ4n) is 3.16. The lowest BCUT2D eigenvalue weighted by atomic mass is 10.1. The van der Waals surface area contributed by atoms with E-state index in [9.17, 15) is 9.59 Å². The van der Waals surface area contributed by atoms with Crippen molar-refractivity contribution in [3.63, 3.8) is 0 Å². The minimum atomic E-state index is -1.03. The second-order valence-electron chi connectivity index (χ2n) is 7.68. The van der Waals surface area contributed by atoms with Crippen molar-refractivity contribution in [2.24, 2.45) is 0 Å². The summed E-state index contributed by atoms with van der Waals surface area (Å²) in [6, 6.07) is -0.879. The van der Waals surface area contributed by atoms with Gasteiger partial charge in [-0.25, -0.2) is 4.79 Å². The third-order valence-electron chi connectivity index (χ3n) is 4.98. The van der Waals surface area contributed by atoms with Gasteiger partial charge in [-0.2, -0.15) is 12.6 Å². The van der Waals surface area contributed by atoms with Gasteiger partial charge in [-0.1, -0.05) is 83.3 Å². The maximum Gasteiger partial charge on any atom is 0.327 e. The molecule has 28 heavy (non-hydrogen) atoms. The first-order chi connectivity index (χ1) is 13.6. The van der Waals surface area contributed by atoms with Crippen molar-refractivity contribution in [1.29, 1.82) is 0 Å². The molecule has 0 unspecified atom stereocenters. The molecule has 0 spiro atoms. The fraction of sp³-hybridized carbons (Fsp3) is 0.826. The Labute approximate surface area is 178 Å². The van der Waals surface area contributed by atoms with Crippen molar-refractivity contribution in [2.45, 2.75) is 116 Å². The molecule has 0 bridgehead atoms. The second-order valence-corrected chi connectivity index (χ2v) is 8.05. The van der Waals surface area contributed by atoms with Crippen LogP contribution >= 0.6 is 12.6 Å². The molecular weight excluding hydrogens is 370 g/mol. The number of hydrogen-bond donors (Lipinski definition) is 3. The Morgan fingerprint density at radius 2 is 1.29 bits per heavy atom. The van der Waals surface area contributed by atoms with E-state index in [1.807, 2.05) is 0 Å². The smallest absolute Gasteiger partial charge is 0.327 e. The summed E-state index contributed by atoms with van der Waals surface area (Å²) in [5.41, 5.74) is 0. The summed E-state index contributed by atoms with van der Waals surface area (Å²) in [4.78, 5) is 22.5. The van der Waals surface area contributed by atoms with E-state index >= 15 is 0 Å². The molecule has 0 saturated heterocycles. The number of amides is 1. The van der Waals surface area contributed by atoms with Crippen LogP contribution in [0.3, 0.4) is 0 Å². The first-order valence-corrected chi connectivity index (χ1v) is 12.0. The minimum Gasteiger partial charge on any atom is -0.480 e. The Morgan fingerprint density at radius 1 is 0.821 bits per heavy atom. The Morgan fingerprint density at radius 3 is 1.75 bits per heavy atom. The summed E-state index contributed by atoms with van der Waals surface area (Å²) in [7, 11) is 0. The maximum atomic E-state index is 11.7. The zero-order valence-corrected chi connectivity index (χ0v) is 18.9. The van der Waals surface area contributed by atoms with Crippen LogP contribution in [0.1, 0.15) is 110 Å². The lowest BCUT2D eigenvalue weighted by Gasteiger charge is -2.11. The van der Waals surface area contributed by atoms with Crippen molar-refractivity contribution in [3.8, 4) is 0 Å². The van der Waals surface area contributed by atoms with Gasteiger partial charge in [0, 0.05) is 12.2 Å². The van der Waals surface area contributed by atoms with Gasteiger partial charge < -0.3 is 10.4 Å². The first kappa shape index (κ1) is 27.0. The van der Waals surface area contributed by atoms with Gasteiger partial charge in [-0.15, -0.1) is 0 Å². The molecule has 0 rings (SSSR count). The third-order valence-corrected chi connectivity index (χ3v) is 5.35. The normalized spacial score (nSPS) is 12.4. The standard InChI is InChI=1S/C23H43NO3S/c1-2-3-4-5-6-7-8-9-10-11-12-13-14-15-16-17-18-19-22(25)24-21(20-28)23(26)27/h9-10,21,28H,2-8,11-20H2,1H3,(H,24,25)(H,26,27)/b10-9-/t21-/m0/s1. The molecular formula is C23H43NO3S. The Hall–Kier alpha value is -0.970. The largest absolute Gasteiger partial charge is 0.480 e. The summed E-state index contributed by atoms with van der Waals surface area (Å²) >= 11 is 3.94. The number of nitrogens with one attached hydrogen (secondary N) is 1. The molecule has 0 aliphatic heterocycles. The number of hydrogen-bond acceptors (Lipinski definition) is 3. The maximum absolute atomic E-state index is 11.7. The van der Waals surface area contributed by atoms with E-state index in [2.05, 4.69) is 37.0 Å². The Balaban J connectivity index is 3.32. The average molecular weight is 414 g/mol. The molecule has 0 fully saturated rings. The quantitative estimate of drug-likeness (QED) is 0.125. The molecule has 1 atom stereocenters. The van der Waals surface area contributed by atoms with E-state index in [0.717, 1.165) is 19.3 Å². The van der Waals surface area contributed by atoms with Crippen LogP contribution in [0.4, 0.5) is 0 Å². The molecule has 1 amide bonds. The van der Waals surface area contributed by atoms with E-state index in [0.29, 0.717) is 6.42 Å². The van der Waals surface area contributed by atoms with Crippen molar-refractivity contribution in [2.75, 3.05) is 5.75 Å². The van der Waals surface area contributed by atoms with Gasteiger partial charge >= 0.3 is 5.97 Å². The number of carbonyl (C=O) groups excluding carboxylic acids is 1. The van der Waals surface area contributed by atoms with Crippen LogP contribution in [0.15, 0.2) is 12.2 Å². The van der Waals surface area contributed by atoms with Gasteiger partial charge in [0.25, 0.3) is 0 Å². The minimum absolute atomic E-state index is 0.120. The zero-order valence-electron chi connectivity index (χ0n) is 18.0. The van der Waals surface area contributed by atoms with Gasteiger partial charge in [0.15, 0.2) is 0 Å². The number of aliphatic carboxylic acids is 1. The highest BCUT2D eigenvalue weighted by Crippen LogP contribution is 2.11. The number of carbonyl (C=O) groups is 2. The summed E-state index contributed by atoms with van der Waals surface area (Å²) < 4.78 is 0. The number of unbranched alkanes of at least 4 members (excludes halogenated alkanes) is 13. The topological polar surface area (TPSA) is 66.4 Å². The van der Waals surface area contributed by atoms with Crippen LogP contribution in [-0.4, -0.2) is 28.8 Å². The number of thiol groups is 1. The molecule has 2 N–H and O–H groups in total. The summed E-state index contributed by atoms with van der Waals surface area (Å²) in [5, 5.41) is 11.4. The van der Waals surface area contributed by atoms with Crippen LogP contribution < -0.4 is 5.32 Å². The SMILES string of the molecule is CCCCCCCC/C=C\CCCCCCCCCC(=O)N[C@@H](CS)C(=O)O. The van der Waals surface area contributed by atoms with Gasteiger partial charge in [-0.05, 0) is 32.1 Å². The van der Waals surface area contributed by atoms with Crippen LogP contribution in [0, 0.1) is 0 Å². The molecule has 4 nitrogen and oxygen atoms in total. The number of rotatable bonds is 20. The number of carboxylic acids is 1. The average Bonchev–Trinajstić information content (AvgIpc) is 2.68. The van der Waals surface area contributed by atoms with Crippen LogP contribution in [-0.2, 0) is 9.59 Å². The third kappa shape index (κ3) is 18.4. The molecule has 0 aliphatic rings. The first-order valence-electron chi connectivity index (χ1n) is 11.4. The van der Waals surface area contributed by atoms with Crippen LogP contribution in [0.5, 0.6) is 0 Å². The molecule has 0 radical (unpaired) electrons. The molecule has 5 heteroatoms. The van der Waals surface area contributed by atoms with E-state index < -0.39 is 12.0 Å². The monoisotopic (exact) mass is 413 g/mol. The highest BCUT2D eigenvalue weighted by atomic mass is 32.1. The molecule has 0 saturated carbocycles. The predicted octanol–water partition coefficient (Wildman–Crippen LogP) is 6.30. The number of carboxylic acid groups (broad SMARTS) is 1. The van der Waals surface area contributed by atoms with Crippen molar-refractivity contribution >= 4 is 24.5 Å². The van der Waals surface area contributed by atoms with Gasteiger partial charge in [-0.3, -0.25) is 4.79 Å². The van der Waals surface area contributed by atoms with E-state index in [4.69, 9.17) is 5.11 Å². The van der Waals surface area contributed by atoms with Crippen molar-refractivity contribution in [3.05, 3.63) is 12.2 Å². The summed E-state index contributed by atoms with van der Waals surface area (Å²) in [6.07, 6.45) is 23.8. The highest BCUT2D eigenvalue weighted by Gasteiger charge is 2.17. The van der Waals surface area contributed by atoms with Crippen LogP contribution in [0.2, 0.25) is 0 Å². The molecule has 0 heterocycles. The molecule has 0 aromatic heterocycles. The number of allylic oxidation sites excluding steroid dienone is 2. The van der Waals surface area contributed by atoms with E-state index in [-0.39, 0.29) is 11.7 Å². The van der Waals surface area contributed by atoms with Crippen molar-refractivity contribution < 1.29 is 14.7 Å². The molecule has 164 valence electrons. The lowest BCUT2D eigenvalue weighted by molar-refractivity contribution is -0.141. The lowest BCUT2D eigenvalue weighted by Crippen LogP contribution is -2.42. The summed E-state index contributed by atoms with van der Waals surface area (Å²) in [5.74, 6) is -1.09. The molecule has 0 aromatic carbocycles. The fourth-order valence-corrected chi connectivity index (χ4v) is 3.41. The predicted molar refractivity (Wildman–Crippen MR) is 122 cm³/mol. The summed E-state index contributed by atoms with van der Waals surface area (Å²) in [6.45, 7) is 2.26. The van der Waals surface area contributed by atoms with Gasteiger partial charge in [0.2, 0.25) is 5.91 Å². The molecule has 0 aliphatic carbocycles. The van der Waals surface area contributed by atoms with E-state index in [1.165, 1.54) is 77.0 Å².